The first-order chi connectivity index (χ1) is 9.09. The number of thiocarbonyl (C=S) groups is 1. The molecule has 1 N–H and O–H groups in total. The third-order valence-corrected chi connectivity index (χ3v) is 3.88. The normalized spacial score (nSPS) is 10.1. The van der Waals surface area contributed by atoms with E-state index in [0.717, 1.165) is 30.4 Å². The summed E-state index contributed by atoms with van der Waals surface area (Å²) in [6, 6.07) is 7.36. The first-order valence-corrected chi connectivity index (χ1v) is 7.56. The highest BCUT2D eigenvalue weighted by molar-refractivity contribution is 8.23. The Morgan fingerprint density at radius 3 is 2.74 bits per heavy atom. The van der Waals surface area contributed by atoms with Gasteiger partial charge in [0.25, 0.3) is 6.08 Å². The summed E-state index contributed by atoms with van der Waals surface area (Å²) in [4.78, 5) is 0. The molecule has 0 heterocycles. The highest BCUT2D eigenvalue weighted by Gasteiger charge is 2.02. The Balaban J connectivity index is 2.19. The van der Waals surface area contributed by atoms with Crippen molar-refractivity contribution in [3.05, 3.63) is 41.4 Å². The summed E-state index contributed by atoms with van der Waals surface area (Å²) in [5, 5.41) is 3.67. The molecular weight excluding hydrogens is 308 g/mol. The third kappa shape index (κ3) is 7.50. The fraction of sp³-hybridized carbons (Fsp3) is 0.308. The molecule has 1 rings (SSSR count). The van der Waals surface area contributed by atoms with E-state index in [1.165, 1.54) is 11.8 Å². The molecule has 104 valence electrons. The molecule has 0 atom stereocenters. The van der Waals surface area contributed by atoms with Crippen molar-refractivity contribution in [2.75, 3.05) is 11.1 Å². The molecule has 6 heteroatoms. The van der Waals surface area contributed by atoms with Gasteiger partial charge in [-0.25, -0.2) is 0 Å². The van der Waals surface area contributed by atoms with E-state index < -0.39 is 6.08 Å². The van der Waals surface area contributed by atoms with Crippen molar-refractivity contribution < 1.29 is 8.78 Å². The van der Waals surface area contributed by atoms with Crippen LogP contribution in [0.4, 0.5) is 14.5 Å². The van der Waals surface area contributed by atoms with E-state index in [0.29, 0.717) is 15.8 Å². The number of hydrogen-bond acceptors (Lipinski definition) is 2. The molecule has 19 heavy (non-hydrogen) atoms. The van der Waals surface area contributed by atoms with Gasteiger partial charge in [0.15, 0.2) is 0 Å². The standard InChI is InChI=1S/C13H14ClF2NS2/c14-10-6-3-4-7-11(10)17-13(18)19-9-5-1-2-8-12(15)16/h3-4,6-8H,1-2,5,9H2,(H,17,18). The van der Waals surface area contributed by atoms with Crippen LogP contribution in [0, 0.1) is 0 Å². The molecule has 0 aliphatic rings. The van der Waals surface area contributed by atoms with Crippen LogP contribution in [-0.2, 0) is 0 Å². The number of nitrogens with one attached hydrogen (secondary N) is 1. The monoisotopic (exact) mass is 321 g/mol. The average Bonchev–Trinajstić information content (AvgIpc) is 2.36. The lowest BCUT2D eigenvalue weighted by molar-refractivity contribution is 0.417. The van der Waals surface area contributed by atoms with Crippen molar-refractivity contribution in [2.45, 2.75) is 19.3 Å². The van der Waals surface area contributed by atoms with Gasteiger partial charge < -0.3 is 5.32 Å². The summed E-state index contributed by atoms with van der Waals surface area (Å²) in [6.45, 7) is 0. The molecule has 0 aromatic heterocycles. The van der Waals surface area contributed by atoms with Crippen molar-refractivity contribution in [3.63, 3.8) is 0 Å². The second kappa shape index (κ2) is 9.28. The summed E-state index contributed by atoms with van der Waals surface area (Å²) in [5.74, 6) is 0.804. The van der Waals surface area contributed by atoms with E-state index in [-0.39, 0.29) is 0 Å². The second-order valence-corrected chi connectivity index (χ2v) is 5.91. The molecule has 0 aliphatic carbocycles. The van der Waals surface area contributed by atoms with Gasteiger partial charge in [0.1, 0.15) is 4.32 Å². The SMILES string of the molecule is FC(F)=CCCCCSC(=S)Nc1ccccc1Cl. The van der Waals surface area contributed by atoms with E-state index in [1.54, 1.807) is 6.07 Å². The van der Waals surface area contributed by atoms with Crippen molar-refractivity contribution in [1.29, 1.82) is 0 Å². The molecule has 0 bridgehead atoms. The number of hydrogen-bond donors (Lipinski definition) is 1. The molecule has 0 fully saturated rings. The third-order valence-electron chi connectivity index (χ3n) is 2.24. The zero-order valence-electron chi connectivity index (χ0n) is 10.2. The topological polar surface area (TPSA) is 12.0 Å². The van der Waals surface area contributed by atoms with Gasteiger partial charge in [-0.05, 0) is 37.5 Å². The molecule has 0 saturated carbocycles. The summed E-state index contributed by atoms with van der Waals surface area (Å²) >= 11 is 12.7. The molecule has 0 radical (unpaired) electrons. The number of benzene rings is 1. The summed E-state index contributed by atoms with van der Waals surface area (Å²) in [7, 11) is 0. The molecular formula is C13H14ClF2NS2. The number of halogens is 3. The molecule has 1 nitrogen and oxygen atoms in total. The quantitative estimate of drug-likeness (QED) is 0.531. The van der Waals surface area contributed by atoms with Crippen LogP contribution in [0.2, 0.25) is 5.02 Å². The van der Waals surface area contributed by atoms with Crippen LogP contribution in [0.1, 0.15) is 19.3 Å². The largest absolute Gasteiger partial charge is 0.340 e. The van der Waals surface area contributed by atoms with Gasteiger partial charge in [0.2, 0.25) is 0 Å². The maximum atomic E-state index is 11.8. The zero-order chi connectivity index (χ0) is 14.1. The lowest BCUT2D eigenvalue weighted by Crippen LogP contribution is -2.05. The molecule has 1 aromatic carbocycles. The van der Waals surface area contributed by atoms with Crippen LogP contribution >= 0.6 is 35.6 Å². The number of rotatable bonds is 6. The molecule has 0 saturated heterocycles. The first kappa shape index (κ1) is 16.4. The van der Waals surface area contributed by atoms with Gasteiger partial charge in [-0.3, -0.25) is 0 Å². The molecule has 0 spiro atoms. The maximum Gasteiger partial charge on any atom is 0.266 e. The summed E-state index contributed by atoms with van der Waals surface area (Å²) < 4.78 is 24.2. The fourth-order valence-corrected chi connectivity index (χ4v) is 2.59. The van der Waals surface area contributed by atoms with Crippen molar-refractivity contribution >= 4 is 45.6 Å². The predicted molar refractivity (Wildman–Crippen MR) is 84.3 cm³/mol. The van der Waals surface area contributed by atoms with E-state index in [1.807, 2.05) is 18.2 Å². The number of para-hydroxylation sites is 1. The van der Waals surface area contributed by atoms with Crippen LogP contribution in [-0.4, -0.2) is 10.1 Å². The van der Waals surface area contributed by atoms with Gasteiger partial charge in [0, 0.05) is 5.75 Å². The highest BCUT2D eigenvalue weighted by atomic mass is 35.5. The lowest BCUT2D eigenvalue weighted by atomic mass is 10.2. The van der Waals surface area contributed by atoms with Crippen molar-refractivity contribution in [3.8, 4) is 0 Å². The molecule has 0 aliphatic heterocycles. The molecule has 1 aromatic rings. The van der Waals surface area contributed by atoms with Gasteiger partial charge >= 0.3 is 0 Å². The minimum atomic E-state index is -1.61. The van der Waals surface area contributed by atoms with Crippen LogP contribution in [0.25, 0.3) is 0 Å². The van der Waals surface area contributed by atoms with E-state index in [2.05, 4.69) is 5.32 Å². The number of unbranched alkanes of at least 4 members (excludes halogenated alkanes) is 2. The zero-order valence-corrected chi connectivity index (χ0v) is 12.6. The van der Waals surface area contributed by atoms with E-state index in [9.17, 15) is 8.78 Å². The number of allylic oxidation sites excluding steroid dienone is 1. The van der Waals surface area contributed by atoms with Crippen molar-refractivity contribution in [1.82, 2.24) is 0 Å². The second-order valence-electron chi connectivity index (χ2n) is 3.73. The highest BCUT2D eigenvalue weighted by Crippen LogP contribution is 2.22. The summed E-state index contributed by atoms with van der Waals surface area (Å²) in [5.41, 5.74) is 0.782. The fourth-order valence-electron chi connectivity index (χ4n) is 1.33. The van der Waals surface area contributed by atoms with Gasteiger partial charge in [-0.2, -0.15) is 8.78 Å². The van der Waals surface area contributed by atoms with Crippen molar-refractivity contribution in [2.24, 2.45) is 0 Å². The maximum absolute atomic E-state index is 11.8. The number of anilines is 1. The van der Waals surface area contributed by atoms with Crippen LogP contribution < -0.4 is 5.32 Å². The Morgan fingerprint density at radius 2 is 2.05 bits per heavy atom. The van der Waals surface area contributed by atoms with Crippen LogP contribution in [0.5, 0.6) is 0 Å². The molecule has 0 amide bonds. The Hall–Kier alpha value is -0.650. The first-order valence-electron chi connectivity index (χ1n) is 5.79. The average molecular weight is 322 g/mol. The van der Waals surface area contributed by atoms with Gasteiger partial charge in [-0.15, -0.1) is 0 Å². The van der Waals surface area contributed by atoms with E-state index in [4.69, 9.17) is 23.8 Å². The smallest absolute Gasteiger partial charge is 0.266 e. The van der Waals surface area contributed by atoms with Gasteiger partial charge in [-0.1, -0.05) is 47.7 Å². The summed E-state index contributed by atoms with van der Waals surface area (Å²) in [6.07, 6.45) is 1.33. The predicted octanol–water partition coefficient (Wildman–Crippen LogP) is 5.72. The van der Waals surface area contributed by atoms with Crippen LogP contribution in [0.15, 0.2) is 36.4 Å². The Kier molecular flexibility index (Phi) is 8.02. The molecule has 0 unspecified atom stereocenters. The minimum Gasteiger partial charge on any atom is -0.340 e. The lowest BCUT2D eigenvalue weighted by Gasteiger charge is -2.08. The Labute approximate surface area is 126 Å². The number of thioether (sulfide) groups is 1. The Morgan fingerprint density at radius 1 is 1.32 bits per heavy atom. The van der Waals surface area contributed by atoms with Gasteiger partial charge in [0.05, 0.1) is 10.7 Å². The minimum absolute atomic E-state index is 0.410. The van der Waals surface area contributed by atoms with E-state index >= 15 is 0 Å². The van der Waals surface area contributed by atoms with Crippen LogP contribution in [0.3, 0.4) is 0 Å². The Bertz CT molecular complexity index is 448.